The lowest BCUT2D eigenvalue weighted by molar-refractivity contribution is -0.432. The first-order chi connectivity index (χ1) is 42.7. The Morgan fingerprint density at radius 2 is 0.890 bits per heavy atom. The van der Waals surface area contributed by atoms with Gasteiger partial charge in [-0.2, -0.15) is 63.9 Å². The van der Waals surface area contributed by atoms with Gasteiger partial charge in [0.05, 0.1) is 73.3 Å². The summed E-state index contributed by atoms with van der Waals surface area (Å²) in [5, 5.41) is 29.7. The number of nitrogens with one attached hydrogen (secondary N) is 6. The maximum atomic E-state index is 15.4. The van der Waals surface area contributed by atoms with Gasteiger partial charge in [-0.1, -0.05) is 53.6 Å². The van der Waals surface area contributed by atoms with Crippen molar-refractivity contribution in [3.05, 3.63) is 151 Å². The summed E-state index contributed by atoms with van der Waals surface area (Å²) in [6.45, 7) is 9.39. The van der Waals surface area contributed by atoms with Crippen molar-refractivity contribution in [1.29, 1.82) is 0 Å². The summed E-state index contributed by atoms with van der Waals surface area (Å²) >= 11 is 0.368. The van der Waals surface area contributed by atoms with Gasteiger partial charge in [-0.25, -0.2) is 5.26 Å². The number of aromatic nitrogens is 6. The molecule has 1 atom stereocenters. The maximum absolute atomic E-state index is 15.4. The standard InChI is InChI=1S/C55H48F2N14O16S4/c1-19(61-53-67-51(57)69-55(71-53)65-43-20(2)40(22(4)48(25(43)7)90(80,81)82)62-30-16-32(88-87-86-76)38(58)36-34(30)44(72)26-12-8-10-14-28(26)46(36)74)18-60-52-66-50(56)68-54(70-52)64-42-21(3)41(23(5)49(24(42)6)91(83,84)85)63-31-17-33(89(77,78)79)39(59)37-35(31)45(73)27-13-9-11-15-29(27)47(37)75/h8-17,19,62-63,76H,18,58-59H2,1-7H3,(H,77,78,79)(H,80,81,82)(H,83,84,85)(H2,60,64,66,68,70)(H2,61,65,67,69,71). The first-order valence-electron chi connectivity index (χ1n) is 26.3. The molecule has 472 valence electrons. The number of rotatable bonds is 19. The molecule has 0 saturated carbocycles. The van der Waals surface area contributed by atoms with Crippen LogP contribution in [-0.4, -0.2) is 110 Å². The largest absolute Gasteiger partial charge is 0.397 e. The second-order valence-corrected chi connectivity index (χ2v) is 25.4. The van der Waals surface area contributed by atoms with Crippen LogP contribution in [0.4, 0.5) is 78.1 Å². The highest BCUT2D eigenvalue weighted by molar-refractivity contribution is 7.94. The molecule has 0 fully saturated rings. The van der Waals surface area contributed by atoms with E-state index in [-0.39, 0.29) is 112 Å². The Kier molecular flexibility index (Phi) is 16.9. The number of ketones is 4. The molecule has 0 saturated heterocycles. The van der Waals surface area contributed by atoms with E-state index in [0.717, 1.165) is 6.07 Å². The zero-order chi connectivity index (χ0) is 66.2. The summed E-state index contributed by atoms with van der Waals surface area (Å²) in [6.07, 6.45) is -2.74. The number of carbonyl (C=O) groups excluding carboxylic acids is 4. The van der Waals surface area contributed by atoms with Crippen molar-refractivity contribution in [2.45, 2.75) is 74.1 Å². The van der Waals surface area contributed by atoms with Crippen molar-refractivity contribution in [1.82, 2.24) is 29.9 Å². The average molecular weight is 1330 g/mol. The molecule has 1 unspecified atom stereocenters. The van der Waals surface area contributed by atoms with E-state index in [0.29, 0.717) is 12.0 Å². The number of hydrogen-bond donors (Lipinski definition) is 12. The van der Waals surface area contributed by atoms with E-state index >= 15 is 8.78 Å². The van der Waals surface area contributed by atoms with Crippen molar-refractivity contribution in [2.24, 2.45) is 0 Å². The first kappa shape index (κ1) is 64.2. The molecule has 0 radical (unpaired) electrons. The lowest BCUT2D eigenvalue weighted by atomic mass is 9.82. The molecule has 2 aliphatic rings. The molecule has 6 aromatic carbocycles. The van der Waals surface area contributed by atoms with Gasteiger partial charge >= 0.3 is 12.2 Å². The third-order valence-corrected chi connectivity index (χ3v) is 18.7. The summed E-state index contributed by atoms with van der Waals surface area (Å²) in [4.78, 5) is 77.1. The summed E-state index contributed by atoms with van der Waals surface area (Å²) in [5.41, 5.74) is 8.45. The molecule has 30 nitrogen and oxygen atoms in total. The fourth-order valence-electron chi connectivity index (χ4n) is 11.0. The van der Waals surface area contributed by atoms with Crippen LogP contribution in [0, 0.1) is 53.7 Å². The van der Waals surface area contributed by atoms with Gasteiger partial charge in [0.25, 0.3) is 30.4 Å². The monoisotopic (exact) mass is 1330 g/mol. The summed E-state index contributed by atoms with van der Waals surface area (Å²) in [5.74, 6) is -4.92. The van der Waals surface area contributed by atoms with Crippen LogP contribution in [0.1, 0.15) is 104 Å². The predicted molar refractivity (Wildman–Crippen MR) is 324 cm³/mol. The lowest BCUT2D eigenvalue weighted by Gasteiger charge is -2.26. The number of anilines is 12. The minimum absolute atomic E-state index is 0.0234. The summed E-state index contributed by atoms with van der Waals surface area (Å²) < 4.78 is 145. The minimum Gasteiger partial charge on any atom is -0.397 e. The van der Waals surface area contributed by atoms with Crippen LogP contribution in [-0.2, 0) is 39.7 Å². The summed E-state index contributed by atoms with van der Waals surface area (Å²) in [7, 11) is -15.5. The predicted octanol–water partition coefficient (Wildman–Crippen LogP) is 7.96. The Balaban J connectivity index is 0.927. The van der Waals surface area contributed by atoms with Crippen LogP contribution >= 0.6 is 12.0 Å². The fraction of sp³-hybridized carbons (Fsp3) is 0.164. The number of fused-ring (bicyclic) bond motifs is 4. The Hall–Kier alpha value is -9.76. The SMILES string of the molecule is Cc1c(Nc2nc(F)nc(NC(C)CNc3nc(F)nc(Nc4c(C)c(Nc5cc(S(=O)(=O)O)c(N)c6c5C(=O)c5ccccc5C6=O)c(C)c(S(=O)(=O)O)c4C)n3)n2)c(C)c(S(=O)(=O)O)c(C)c1Nc1cc(SOOO)c(N)c2c1C(=O)c1ccccc1C2=O. The highest BCUT2D eigenvalue weighted by Crippen LogP contribution is 2.47. The zero-order valence-electron chi connectivity index (χ0n) is 48.0. The molecule has 2 aromatic heterocycles. The van der Waals surface area contributed by atoms with Crippen molar-refractivity contribution in [3.8, 4) is 0 Å². The number of benzene rings is 6. The Morgan fingerprint density at radius 1 is 0.516 bits per heavy atom. The number of carbonyl (C=O) groups is 4. The Bertz CT molecular complexity index is 4910. The van der Waals surface area contributed by atoms with Gasteiger partial charge in [0.2, 0.25) is 23.8 Å². The first-order valence-corrected chi connectivity index (χ1v) is 31.3. The second-order valence-electron chi connectivity index (χ2n) is 20.6. The maximum Gasteiger partial charge on any atom is 0.315 e. The van der Waals surface area contributed by atoms with Crippen LogP contribution in [0.25, 0.3) is 0 Å². The average Bonchev–Trinajstić information content (AvgIpc) is 0.741. The number of halogens is 2. The molecule has 0 amide bonds. The molecule has 8 aromatic rings. The van der Waals surface area contributed by atoms with E-state index < -0.39 is 133 Å². The molecule has 2 heterocycles. The van der Waals surface area contributed by atoms with Gasteiger partial charge < -0.3 is 43.4 Å². The zero-order valence-corrected chi connectivity index (χ0v) is 51.2. The van der Waals surface area contributed by atoms with Gasteiger partial charge in [0, 0.05) is 46.2 Å². The highest BCUT2D eigenvalue weighted by atomic mass is 32.2. The number of nitrogen functional groups attached to an aromatic ring is 2. The van der Waals surface area contributed by atoms with Crippen LogP contribution < -0.4 is 43.4 Å². The normalized spacial score (nSPS) is 13.2. The van der Waals surface area contributed by atoms with E-state index in [1.807, 2.05) is 0 Å². The van der Waals surface area contributed by atoms with E-state index in [1.54, 1.807) is 12.1 Å². The van der Waals surface area contributed by atoms with Crippen LogP contribution in [0.5, 0.6) is 0 Å². The van der Waals surface area contributed by atoms with Crippen molar-refractivity contribution in [2.75, 3.05) is 49.9 Å². The van der Waals surface area contributed by atoms with E-state index in [2.05, 4.69) is 71.2 Å². The van der Waals surface area contributed by atoms with Gasteiger partial charge in [-0.05, 0) is 94.0 Å². The Labute approximate surface area is 518 Å². The van der Waals surface area contributed by atoms with Gasteiger partial charge in [-0.3, -0.25) is 32.8 Å². The van der Waals surface area contributed by atoms with Crippen molar-refractivity contribution >= 4 is 135 Å². The van der Waals surface area contributed by atoms with E-state index in [1.165, 1.54) is 90.9 Å². The quantitative estimate of drug-likeness (QED) is 0.0120. The molecule has 2 aliphatic carbocycles. The number of nitrogens with zero attached hydrogens (tertiary/aromatic N) is 6. The third kappa shape index (κ3) is 11.9. The lowest BCUT2D eigenvalue weighted by Crippen LogP contribution is -2.27. The molecule has 10 rings (SSSR count). The van der Waals surface area contributed by atoms with Crippen LogP contribution in [0.2, 0.25) is 0 Å². The molecule has 0 aliphatic heterocycles. The van der Waals surface area contributed by atoms with Crippen molar-refractivity contribution < 1.29 is 81.5 Å². The molecular weight excluding hydrogens is 1280 g/mol. The second kappa shape index (κ2) is 23.9. The molecule has 36 heteroatoms. The smallest absolute Gasteiger partial charge is 0.315 e. The third-order valence-electron chi connectivity index (χ3n) is 14.9. The highest BCUT2D eigenvalue weighted by Gasteiger charge is 2.39. The molecule has 0 bridgehead atoms. The fourth-order valence-corrected chi connectivity index (χ4v) is 14.1. The van der Waals surface area contributed by atoms with Gasteiger partial charge in [-0.15, -0.1) is 4.33 Å². The van der Waals surface area contributed by atoms with Crippen LogP contribution in [0.3, 0.4) is 0 Å². The van der Waals surface area contributed by atoms with E-state index in [9.17, 15) is 58.1 Å². The number of nitrogens with two attached hydrogens (primary N) is 2. The van der Waals surface area contributed by atoms with E-state index in [4.69, 9.17) is 16.7 Å². The molecule has 0 spiro atoms. The molecular formula is C55H48F2N14O16S4. The van der Waals surface area contributed by atoms with Gasteiger partial charge in [0.15, 0.2) is 23.1 Å². The minimum atomic E-state index is -5.21. The Morgan fingerprint density at radius 3 is 1.31 bits per heavy atom. The molecule has 91 heavy (non-hydrogen) atoms. The topological polar surface area (TPSA) is 472 Å². The van der Waals surface area contributed by atoms with Crippen LogP contribution in [0.15, 0.2) is 80.2 Å². The van der Waals surface area contributed by atoms with Gasteiger partial charge in [0.1, 0.15) is 14.7 Å². The number of hydrogen-bond acceptors (Lipinski definition) is 28. The summed E-state index contributed by atoms with van der Waals surface area (Å²) in [6, 6.07) is 12.7. The van der Waals surface area contributed by atoms with Crippen molar-refractivity contribution in [3.63, 3.8) is 0 Å². The molecule has 14 N–H and O–H groups in total.